The van der Waals surface area contributed by atoms with Crippen LogP contribution >= 0.6 is 11.8 Å². The predicted molar refractivity (Wildman–Crippen MR) is 66.5 cm³/mol. The van der Waals surface area contributed by atoms with E-state index in [1.165, 1.54) is 18.1 Å². The zero-order valence-electron chi connectivity index (χ0n) is 9.70. The number of thioether (sulfide) groups is 1. The van der Waals surface area contributed by atoms with Gasteiger partial charge in [0.25, 0.3) is 5.91 Å². The zero-order valence-corrected chi connectivity index (χ0v) is 10.5. The summed E-state index contributed by atoms with van der Waals surface area (Å²) in [6, 6.07) is 5.22. The number of pyridine rings is 1. The molecule has 0 unspecified atom stereocenters. The van der Waals surface area contributed by atoms with Gasteiger partial charge in [-0.15, -0.1) is 0 Å². The summed E-state index contributed by atoms with van der Waals surface area (Å²) in [7, 11) is 1.82. The molecule has 2 rings (SSSR count). The summed E-state index contributed by atoms with van der Waals surface area (Å²) < 4.78 is 1.68. The number of nitrogens with zero attached hydrogens (tertiary/aromatic N) is 4. The molecular formula is C10H12N6OS. The van der Waals surface area contributed by atoms with E-state index in [1.807, 2.05) is 13.1 Å². The van der Waals surface area contributed by atoms with Crippen LogP contribution in [-0.2, 0) is 12.8 Å². The minimum atomic E-state index is -0.402. The summed E-state index contributed by atoms with van der Waals surface area (Å²) in [6.45, 7) is 0. The van der Waals surface area contributed by atoms with E-state index < -0.39 is 5.91 Å². The van der Waals surface area contributed by atoms with E-state index in [0.29, 0.717) is 11.4 Å². The molecule has 0 saturated heterocycles. The van der Waals surface area contributed by atoms with Gasteiger partial charge in [-0.2, -0.15) is 5.10 Å². The SMILES string of the molecule is Cn1ncnc1SCc1cccc(C(=O)NN)n1. The van der Waals surface area contributed by atoms with E-state index in [0.717, 1.165) is 10.9 Å². The van der Waals surface area contributed by atoms with Gasteiger partial charge in [-0.3, -0.25) is 10.2 Å². The second kappa shape index (κ2) is 5.61. The number of hydrazine groups is 1. The van der Waals surface area contributed by atoms with Crippen LogP contribution in [0.15, 0.2) is 29.7 Å². The molecule has 0 saturated carbocycles. The van der Waals surface area contributed by atoms with Gasteiger partial charge >= 0.3 is 0 Å². The Hall–Kier alpha value is -1.93. The van der Waals surface area contributed by atoms with Crippen molar-refractivity contribution in [3.05, 3.63) is 35.9 Å². The van der Waals surface area contributed by atoms with Gasteiger partial charge in [0.1, 0.15) is 12.0 Å². The molecule has 7 nitrogen and oxygen atoms in total. The van der Waals surface area contributed by atoms with E-state index in [4.69, 9.17) is 5.84 Å². The van der Waals surface area contributed by atoms with Crippen LogP contribution in [0.3, 0.4) is 0 Å². The summed E-state index contributed by atoms with van der Waals surface area (Å²) in [6.07, 6.45) is 1.49. The van der Waals surface area contributed by atoms with Gasteiger partial charge in [-0.25, -0.2) is 20.5 Å². The van der Waals surface area contributed by atoms with Gasteiger partial charge in [0.15, 0.2) is 5.16 Å². The molecule has 2 heterocycles. The highest BCUT2D eigenvalue weighted by atomic mass is 32.2. The van der Waals surface area contributed by atoms with Crippen LogP contribution in [0.25, 0.3) is 0 Å². The first-order chi connectivity index (χ1) is 8.70. The van der Waals surface area contributed by atoms with Crippen molar-refractivity contribution in [3.8, 4) is 0 Å². The molecule has 0 aliphatic rings. The second-order valence-corrected chi connectivity index (χ2v) is 4.39. The summed E-state index contributed by atoms with van der Waals surface area (Å²) in [5, 5.41) is 4.77. The zero-order chi connectivity index (χ0) is 13.0. The highest BCUT2D eigenvalue weighted by Gasteiger charge is 2.07. The first-order valence-corrected chi connectivity index (χ1v) is 6.13. The number of amides is 1. The third-order valence-electron chi connectivity index (χ3n) is 2.19. The van der Waals surface area contributed by atoms with Crippen LogP contribution in [0.1, 0.15) is 16.2 Å². The van der Waals surface area contributed by atoms with Gasteiger partial charge in [0, 0.05) is 12.8 Å². The lowest BCUT2D eigenvalue weighted by molar-refractivity contribution is 0.0948. The summed E-state index contributed by atoms with van der Waals surface area (Å²) in [5.41, 5.74) is 3.13. The Morgan fingerprint density at radius 2 is 2.39 bits per heavy atom. The van der Waals surface area contributed by atoms with Crippen LogP contribution in [-0.4, -0.2) is 25.7 Å². The molecule has 1 amide bonds. The maximum Gasteiger partial charge on any atom is 0.283 e. The molecule has 0 fully saturated rings. The number of nitrogens with two attached hydrogens (primary N) is 1. The number of nitrogens with one attached hydrogen (secondary N) is 1. The Bertz CT molecular complexity index is 555. The third kappa shape index (κ3) is 2.84. The lowest BCUT2D eigenvalue weighted by Gasteiger charge is -2.03. The number of carbonyl (C=O) groups is 1. The molecule has 0 aliphatic heterocycles. The molecule has 2 aromatic rings. The molecule has 0 bridgehead atoms. The highest BCUT2D eigenvalue weighted by molar-refractivity contribution is 7.98. The summed E-state index contributed by atoms with van der Waals surface area (Å²) in [5.74, 6) is 5.27. The fourth-order valence-corrected chi connectivity index (χ4v) is 2.11. The second-order valence-electron chi connectivity index (χ2n) is 3.44. The monoisotopic (exact) mass is 264 g/mol. The Kier molecular flexibility index (Phi) is 3.90. The molecule has 0 radical (unpaired) electrons. The first-order valence-electron chi connectivity index (χ1n) is 5.14. The number of hydrogen-bond donors (Lipinski definition) is 2. The van der Waals surface area contributed by atoms with Crippen LogP contribution in [0.2, 0.25) is 0 Å². The van der Waals surface area contributed by atoms with Crippen LogP contribution in [0, 0.1) is 0 Å². The lowest BCUT2D eigenvalue weighted by atomic mass is 10.3. The topological polar surface area (TPSA) is 98.7 Å². The predicted octanol–water partition coefficient (Wildman–Crippen LogP) is 0.106. The van der Waals surface area contributed by atoms with E-state index in [1.54, 1.807) is 16.8 Å². The largest absolute Gasteiger partial charge is 0.289 e. The number of nitrogen functional groups attached to an aromatic ring is 1. The van der Waals surface area contributed by atoms with Gasteiger partial charge < -0.3 is 0 Å². The molecular weight excluding hydrogens is 252 g/mol. The summed E-state index contributed by atoms with van der Waals surface area (Å²) in [4.78, 5) is 19.6. The number of aromatic nitrogens is 4. The summed E-state index contributed by atoms with van der Waals surface area (Å²) >= 11 is 1.50. The number of aryl methyl sites for hydroxylation is 1. The van der Waals surface area contributed by atoms with Gasteiger partial charge in [0.2, 0.25) is 0 Å². The fourth-order valence-electron chi connectivity index (χ4n) is 1.32. The van der Waals surface area contributed by atoms with Crippen LogP contribution in [0.5, 0.6) is 0 Å². The molecule has 3 N–H and O–H groups in total. The lowest BCUT2D eigenvalue weighted by Crippen LogP contribution is -2.30. The number of carbonyl (C=O) groups excluding carboxylic acids is 1. The van der Waals surface area contributed by atoms with E-state index in [-0.39, 0.29) is 0 Å². The van der Waals surface area contributed by atoms with Crippen molar-refractivity contribution in [3.63, 3.8) is 0 Å². The Balaban J connectivity index is 2.06. The van der Waals surface area contributed by atoms with E-state index in [9.17, 15) is 4.79 Å². The molecule has 0 aromatic carbocycles. The minimum Gasteiger partial charge on any atom is -0.289 e. The maximum absolute atomic E-state index is 11.3. The Morgan fingerprint density at radius 1 is 1.56 bits per heavy atom. The van der Waals surface area contributed by atoms with Crippen LogP contribution in [0.4, 0.5) is 0 Å². The highest BCUT2D eigenvalue weighted by Crippen LogP contribution is 2.18. The molecule has 94 valence electrons. The Morgan fingerprint density at radius 3 is 3.06 bits per heavy atom. The molecule has 18 heavy (non-hydrogen) atoms. The first kappa shape index (κ1) is 12.5. The van der Waals surface area contributed by atoms with Crippen LogP contribution < -0.4 is 11.3 Å². The van der Waals surface area contributed by atoms with Gasteiger partial charge in [-0.1, -0.05) is 17.8 Å². The molecule has 0 atom stereocenters. The Labute approximate surface area is 108 Å². The van der Waals surface area contributed by atoms with Gasteiger partial charge in [-0.05, 0) is 12.1 Å². The quantitative estimate of drug-likeness (QED) is 0.352. The van der Waals surface area contributed by atoms with E-state index in [2.05, 4.69) is 20.5 Å². The van der Waals surface area contributed by atoms with Crippen molar-refractivity contribution >= 4 is 17.7 Å². The average molecular weight is 264 g/mol. The molecule has 0 spiro atoms. The average Bonchev–Trinajstić information content (AvgIpc) is 2.81. The third-order valence-corrected chi connectivity index (χ3v) is 3.26. The number of rotatable bonds is 4. The van der Waals surface area contributed by atoms with Crippen molar-refractivity contribution in [2.75, 3.05) is 0 Å². The van der Waals surface area contributed by atoms with Crippen molar-refractivity contribution in [1.82, 2.24) is 25.2 Å². The van der Waals surface area contributed by atoms with Crippen molar-refractivity contribution in [2.45, 2.75) is 10.9 Å². The van der Waals surface area contributed by atoms with Crippen molar-refractivity contribution in [1.29, 1.82) is 0 Å². The normalized spacial score (nSPS) is 10.3. The van der Waals surface area contributed by atoms with Gasteiger partial charge in [0.05, 0.1) is 5.69 Å². The molecule has 2 aromatic heterocycles. The minimum absolute atomic E-state index is 0.300. The fraction of sp³-hybridized carbons (Fsp3) is 0.200. The van der Waals surface area contributed by atoms with Crippen molar-refractivity contribution < 1.29 is 4.79 Å². The van der Waals surface area contributed by atoms with E-state index >= 15 is 0 Å². The molecule has 8 heteroatoms. The smallest absolute Gasteiger partial charge is 0.283 e. The van der Waals surface area contributed by atoms with Crippen molar-refractivity contribution in [2.24, 2.45) is 12.9 Å². The standard InChI is InChI=1S/C10H12N6OS/c1-16-10(12-6-13-16)18-5-7-3-2-4-8(14-7)9(17)15-11/h2-4,6H,5,11H2,1H3,(H,15,17). The molecule has 0 aliphatic carbocycles. The maximum atomic E-state index is 11.3. The number of hydrogen-bond acceptors (Lipinski definition) is 6.